The molecule has 160 valence electrons. The van der Waals surface area contributed by atoms with E-state index in [9.17, 15) is 9.59 Å². The molecule has 1 fully saturated rings. The summed E-state index contributed by atoms with van der Waals surface area (Å²) in [6.07, 6.45) is 0. The Morgan fingerprint density at radius 1 is 1.07 bits per heavy atom. The van der Waals surface area contributed by atoms with E-state index in [4.69, 9.17) is 9.47 Å². The first-order valence-electron chi connectivity index (χ1n) is 10.4. The molecule has 0 atom stereocenters. The van der Waals surface area contributed by atoms with Gasteiger partial charge in [0.2, 0.25) is 0 Å². The fraction of sp³-hybridized carbons (Fsp3) is 0.417. The molecule has 0 bridgehead atoms. The van der Waals surface area contributed by atoms with Crippen molar-refractivity contribution in [2.24, 2.45) is 0 Å². The van der Waals surface area contributed by atoms with Gasteiger partial charge in [0.15, 0.2) is 0 Å². The number of rotatable bonds is 5. The first kappa shape index (κ1) is 21.8. The van der Waals surface area contributed by atoms with Crippen LogP contribution in [0, 0.1) is 0 Å². The van der Waals surface area contributed by atoms with E-state index in [1.54, 1.807) is 13.0 Å². The summed E-state index contributed by atoms with van der Waals surface area (Å²) in [4.78, 5) is 27.4. The molecule has 2 aromatic rings. The topological polar surface area (TPSA) is 67.9 Å². The van der Waals surface area contributed by atoms with Gasteiger partial charge < -0.3 is 19.7 Å². The first-order chi connectivity index (χ1) is 14.3. The summed E-state index contributed by atoms with van der Waals surface area (Å²) >= 11 is 0. The number of nitrogens with one attached hydrogen (secondary N) is 1. The van der Waals surface area contributed by atoms with Crippen molar-refractivity contribution in [3.8, 4) is 0 Å². The van der Waals surface area contributed by atoms with Crippen molar-refractivity contribution in [2.75, 3.05) is 43.1 Å². The molecule has 1 heterocycles. The van der Waals surface area contributed by atoms with Gasteiger partial charge >= 0.3 is 5.97 Å². The predicted octanol–water partition coefficient (Wildman–Crippen LogP) is 4.25. The Hall–Kier alpha value is -2.86. The Kier molecular flexibility index (Phi) is 6.77. The van der Waals surface area contributed by atoms with E-state index >= 15 is 0 Å². The summed E-state index contributed by atoms with van der Waals surface area (Å²) in [5.74, 6) is -0.617. The van der Waals surface area contributed by atoms with E-state index in [1.165, 1.54) is 5.56 Å². The zero-order valence-corrected chi connectivity index (χ0v) is 18.2. The second kappa shape index (κ2) is 9.30. The summed E-state index contributed by atoms with van der Waals surface area (Å²) in [7, 11) is 0. The van der Waals surface area contributed by atoms with Crippen molar-refractivity contribution in [3.63, 3.8) is 0 Å². The van der Waals surface area contributed by atoms with Gasteiger partial charge in [-0.15, -0.1) is 0 Å². The van der Waals surface area contributed by atoms with Crippen molar-refractivity contribution < 1.29 is 19.1 Å². The van der Waals surface area contributed by atoms with Gasteiger partial charge in [-0.1, -0.05) is 32.9 Å². The van der Waals surface area contributed by atoms with Crippen LogP contribution >= 0.6 is 0 Å². The zero-order valence-electron chi connectivity index (χ0n) is 18.2. The highest BCUT2D eigenvalue weighted by Crippen LogP contribution is 2.27. The molecule has 0 aliphatic carbocycles. The standard InChI is InChI=1S/C24H30N2O4/c1-5-30-23(28)20-16-19(10-11-21(20)26-12-14-29-15-13-26)25-22(27)17-6-8-18(9-7-17)24(2,3)4/h6-11,16H,5,12-15H2,1-4H3,(H,25,27). The third-order valence-electron chi connectivity index (χ3n) is 5.11. The highest BCUT2D eigenvalue weighted by molar-refractivity contribution is 6.05. The van der Waals surface area contributed by atoms with Crippen LogP contribution in [0.3, 0.4) is 0 Å². The Balaban J connectivity index is 1.82. The van der Waals surface area contributed by atoms with E-state index in [0.29, 0.717) is 43.1 Å². The fourth-order valence-electron chi connectivity index (χ4n) is 3.39. The maximum Gasteiger partial charge on any atom is 0.340 e. The van der Waals surface area contributed by atoms with Gasteiger partial charge in [-0.25, -0.2) is 4.79 Å². The van der Waals surface area contributed by atoms with E-state index < -0.39 is 5.97 Å². The van der Waals surface area contributed by atoms with Crippen LogP contribution in [0.5, 0.6) is 0 Å². The SMILES string of the molecule is CCOC(=O)c1cc(NC(=O)c2ccc(C(C)(C)C)cc2)ccc1N1CCOCC1. The maximum atomic E-state index is 12.7. The monoisotopic (exact) mass is 410 g/mol. The Morgan fingerprint density at radius 2 is 1.73 bits per heavy atom. The molecule has 0 aromatic heterocycles. The lowest BCUT2D eigenvalue weighted by atomic mass is 9.87. The van der Waals surface area contributed by atoms with Crippen LogP contribution in [0.4, 0.5) is 11.4 Å². The van der Waals surface area contributed by atoms with Crippen molar-refractivity contribution in [3.05, 3.63) is 59.2 Å². The van der Waals surface area contributed by atoms with Crippen molar-refractivity contribution in [1.29, 1.82) is 0 Å². The number of ether oxygens (including phenoxy) is 2. The summed E-state index contributed by atoms with van der Waals surface area (Å²) < 4.78 is 10.6. The van der Waals surface area contributed by atoms with Gasteiger partial charge in [0.05, 0.1) is 31.1 Å². The van der Waals surface area contributed by atoms with Gasteiger partial charge in [-0.3, -0.25) is 4.79 Å². The molecular weight excluding hydrogens is 380 g/mol. The minimum atomic E-state index is -0.398. The lowest BCUT2D eigenvalue weighted by molar-refractivity contribution is 0.0526. The second-order valence-corrected chi connectivity index (χ2v) is 8.33. The average Bonchev–Trinajstić information content (AvgIpc) is 2.74. The summed E-state index contributed by atoms with van der Waals surface area (Å²) in [6.45, 7) is 11.1. The fourth-order valence-corrected chi connectivity index (χ4v) is 3.39. The molecule has 0 radical (unpaired) electrons. The Morgan fingerprint density at radius 3 is 2.33 bits per heavy atom. The lowest BCUT2D eigenvalue weighted by Gasteiger charge is -2.30. The van der Waals surface area contributed by atoms with E-state index in [1.807, 2.05) is 36.4 Å². The minimum absolute atomic E-state index is 0.0267. The van der Waals surface area contributed by atoms with Crippen molar-refractivity contribution >= 4 is 23.3 Å². The third kappa shape index (κ3) is 5.19. The maximum absolute atomic E-state index is 12.7. The van der Waals surface area contributed by atoms with Crippen LogP contribution in [-0.4, -0.2) is 44.8 Å². The average molecular weight is 411 g/mol. The number of amides is 1. The number of esters is 1. The quantitative estimate of drug-likeness (QED) is 0.747. The molecule has 0 spiro atoms. The molecule has 1 aliphatic rings. The van der Waals surface area contributed by atoms with Crippen LogP contribution in [-0.2, 0) is 14.9 Å². The molecule has 6 heteroatoms. The summed E-state index contributed by atoms with van der Waals surface area (Å²) in [5, 5.41) is 2.89. The number of nitrogens with zero attached hydrogens (tertiary/aromatic N) is 1. The number of hydrogen-bond donors (Lipinski definition) is 1. The smallest absolute Gasteiger partial charge is 0.340 e. The van der Waals surface area contributed by atoms with Crippen molar-refractivity contribution in [2.45, 2.75) is 33.1 Å². The van der Waals surface area contributed by atoms with Gasteiger partial charge in [-0.05, 0) is 48.2 Å². The van der Waals surface area contributed by atoms with Crippen molar-refractivity contribution in [1.82, 2.24) is 0 Å². The Bertz CT molecular complexity index is 894. The van der Waals surface area contributed by atoms with Crippen LogP contribution in [0.2, 0.25) is 0 Å². The van der Waals surface area contributed by atoms with Crippen LogP contribution in [0.15, 0.2) is 42.5 Å². The minimum Gasteiger partial charge on any atom is -0.462 e. The summed E-state index contributed by atoms with van der Waals surface area (Å²) in [5.41, 5.74) is 3.55. The van der Waals surface area contributed by atoms with Gasteiger partial charge in [0, 0.05) is 24.3 Å². The van der Waals surface area contributed by atoms with E-state index in [0.717, 1.165) is 5.69 Å². The van der Waals surface area contributed by atoms with Crippen LogP contribution in [0.25, 0.3) is 0 Å². The highest BCUT2D eigenvalue weighted by atomic mass is 16.5. The van der Waals surface area contributed by atoms with Gasteiger partial charge in [0.1, 0.15) is 0 Å². The Labute approximate surface area is 178 Å². The molecular formula is C24H30N2O4. The number of carbonyl (C=O) groups is 2. The molecule has 3 rings (SSSR count). The van der Waals surface area contributed by atoms with Crippen LogP contribution in [0.1, 0.15) is 54.0 Å². The molecule has 2 aromatic carbocycles. The van der Waals surface area contributed by atoms with Crippen LogP contribution < -0.4 is 10.2 Å². The molecule has 1 saturated heterocycles. The van der Waals surface area contributed by atoms with Gasteiger partial charge in [0.25, 0.3) is 5.91 Å². The number of anilines is 2. The second-order valence-electron chi connectivity index (χ2n) is 8.33. The number of benzene rings is 2. The van der Waals surface area contributed by atoms with Gasteiger partial charge in [-0.2, -0.15) is 0 Å². The molecule has 0 unspecified atom stereocenters. The first-order valence-corrected chi connectivity index (χ1v) is 10.4. The molecule has 0 saturated carbocycles. The lowest BCUT2D eigenvalue weighted by Crippen LogP contribution is -2.37. The summed E-state index contributed by atoms with van der Waals surface area (Å²) in [6, 6.07) is 12.9. The normalized spacial score (nSPS) is 14.3. The highest BCUT2D eigenvalue weighted by Gasteiger charge is 2.21. The number of morpholine rings is 1. The molecule has 30 heavy (non-hydrogen) atoms. The predicted molar refractivity (Wildman–Crippen MR) is 119 cm³/mol. The molecule has 1 aliphatic heterocycles. The third-order valence-corrected chi connectivity index (χ3v) is 5.11. The largest absolute Gasteiger partial charge is 0.462 e. The molecule has 1 amide bonds. The molecule has 1 N–H and O–H groups in total. The number of hydrogen-bond acceptors (Lipinski definition) is 5. The van der Waals surface area contributed by atoms with E-state index in [-0.39, 0.29) is 17.9 Å². The van der Waals surface area contributed by atoms with E-state index in [2.05, 4.69) is 31.0 Å². The molecule has 6 nitrogen and oxygen atoms in total. The number of carbonyl (C=O) groups excluding carboxylic acids is 2. The zero-order chi connectivity index (χ0) is 21.7.